The summed E-state index contributed by atoms with van der Waals surface area (Å²) in [5, 5.41) is -5.30. The monoisotopic (exact) mass is 577 g/mol. The van der Waals surface area contributed by atoms with Crippen LogP contribution in [0.5, 0.6) is 0 Å². The van der Waals surface area contributed by atoms with E-state index < -0.39 is 34.0 Å². The number of thioether (sulfide) groups is 1. The molecule has 0 unspecified atom stereocenters. The van der Waals surface area contributed by atoms with Gasteiger partial charge in [-0.15, -0.1) is 0 Å². The van der Waals surface area contributed by atoms with Crippen LogP contribution in [0.25, 0.3) is 11.1 Å². The second-order valence-corrected chi connectivity index (χ2v) is 8.61. The average Bonchev–Trinajstić information content (AvgIpc) is 2.48. The highest BCUT2D eigenvalue weighted by Crippen LogP contribution is 2.56. The van der Waals surface area contributed by atoms with Gasteiger partial charge < -0.3 is 0 Å². The van der Waals surface area contributed by atoms with Gasteiger partial charge in [0.05, 0.1) is 10.0 Å². The van der Waals surface area contributed by atoms with E-state index >= 15 is 0 Å². The maximum Gasteiger partial charge on any atom is 0.460 e. The smallest absolute Gasteiger partial charge is 0.188 e. The van der Waals surface area contributed by atoms with Crippen molar-refractivity contribution in [1.29, 1.82) is 0 Å². The minimum absolute atomic E-state index is 0.0346. The number of hydrogen-bond donors (Lipinski definition) is 0. The largest absolute Gasteiger partial charge is 0.460 e. The first-order valence-electron chi connectivity index (χ1n) is 6.55. The van der Waals surface area contributed by atoms with Crippen molar-refractivity contribution >= 4 is 66.8 Å². The molecule has 0 spiro atoms. The van der Waals surface area contributed by atoms with Gasteiger partial charge in [0.1, 0.15) is 0 Å². The Balaban J connectivity index is 2.62. The third-order valence-corrected chi connectivity index (χ3v) is 5.94. The molecule has 0 N–H and O–H groups in total. The van der Waals surface area contributed by atoms with Gasteiger partial charge in [0.25, 0.3) is 0 Å². The van der Waals surface area contributed by atoms with E-state index in [2.05, 4.69) is 37.9 Å². The molecule has 0 aliphatic rings. The molecule has 2 aromatic rings. The summed E-state index contributed by atoms with van der Waals surface area (Å²) in [4.78, 5) is -0.556. The van der Waals surface area contributed by atoms with E-state index in [0.717, 1.165) is 6.07 Å². The van der Waals surface area contributed by atoms with Gasteiger partial charge in [-0.2, -0.15) is 30.7 Å². The molecule has 0 nitrogen and oxygen atoms in total. The zero-order valence-electron chi connectivity index (χ0n) is 12.4. The quantitative estimate of drug-likeness (QED) is 0.257. The van der Waals surface area contributed by atoms with Crippen LogP contribution >= 0.6 is 66.8 Å². The average molecular weight is 580 g/mol. The van der Waals surface area contributed by atoms with Crippen molar-refractivity contribution in [2.24, 2.45) is 0 Å². The van der Waals surface area contributed by atoms with E-state index in [-0.39, 0.29) is 30.1 Å². The lowest BCUT2D eigenvalue weighted by atomic mass is 10.1. The molecule has 0 heterocycles. The van der Waals surface area contributed by atoms with Crippen LogP contribution in [0.15, 0.2) is 38.1 Å². The Morgan fingerprint density at radius 2 is 1.48 bits per heavy atom. The highest BCUT2D eigenvalue weighted by Gasteiger charge is 2.73. The number of halogens is 11. The first-order chi connectivity index (χ1) is 12.2. The Morgan fingerprint density at radius 3 is 2.00 bits per heavy atom. The van der Waals surface area contributed by atoms with Crippen LogP contribution in [0.3, 0.4) is 0 Å². The third kappa shape index (κ3) is 4.71. The lowest BCUT2D eigenvalue weighted by Gasteiger charge is -2.28. The molecule has 0 saturated heterocycles. The Bertz CT molecular complexity index is 872. The molecule has 2 rings (SSSR count). The maximum absolute atomic E-state index is 13.9. The first-order valence-corrected chi connectivity index (χ1v) is 9.71. The second kappa shape index (κ2) is 7.93. The first kappa shape index (κ1) is 23.1. The zero-order valence-corrected chi connectivity index (χ0v) is 17.9. The van der Waals surface area contributed by atoms with E-state index in [9.17, 15) is 30.7 Å². The lowest BCUT2D eigenvalue weighted by Crippen LogP contribution is -2.49. The van der Waals surface area contributed by atoms with Gasteiger partial charge in [0, 0.05) is 25.5 Å². The van der Waals surface area contributed by atoms with Gasteiger partial charge in [-0.1, -0.05) is 45.2 Å². The normalized spacial score (nSPS) is 13.1. The second-order valence-electron chi connectivity index (χ2n) is 4.99. The molecule has 0 aromatic heterocycles. The highest BCUT2D eigenvalue weighted by molar-refractivity contribution is 9.11. The molecule has 1 radical (unpaired) electrons. The fourth-order valence-corrected chi connectivity index (χ4v) is 4.82. The molecule has 0 aliphatic heterocycles. The van der Waals surface area contributed by atoms with Crippen molar-refractivity contribution in [2.45, 2.75) is 22.2 Å². The Morgan fingerprint density at radius 1 is 0.889 bits per heavy atom. The molecule has 0 atom stereocenters. The Labute approximate surface area is 179 Å². The van der Waals surface area contributed by atoms with E-state index in [4.69, 9.17) is 23.2 Å². The number of benzene rings is 2. The molecule has 2 aromatic carbocycles. The SMILES string of the molecule is FC(F)(F)C(F)(F)C(F)(F)Sc1cc(Br)[c]c(Br)c1-c1ccc(Cl)c(Cl)c1. The summed E-state index contributed by atoms with van der Waals surface area (Å²) in [5.74, 6) is -6.25. The van der Waals surface area contributed by atoms with E-state index in [1.54, 1.807) is 0 Å². The molecule has 27 heavy (non-hydrogen) atoms. The van der Waals surface area contributed by atoms with Crippen LogP contribution in [0, 0.1) is 6.07 Å². The molecule has 0 amide bonds. The Hall–Kier alpha value is -0.160. The molecule has 0 aliphatic carbocycles. The fourth-order valence-electron chi connectivity index (χ4n) is 1.87. The molecule has 147 valence electrons. The van der Waals surface area contributed by atoms with Crippen molar-refractivity contribution in [3.63, 3.8) is 0 Å². The van der Waals surface area contributed by atoms with Crippen LogP contribution in [0.1, 0.15) is 0 Å². The molecular formula is C15H4Br2Cl2F7S. The number of rotatable bonds is 4. The minimum Gasteiger partial charge on any atom is -0.188 e. The van der Waals surface area contributed by atoms with Crippen molar-refractivity contribution in [3.8, 4) is 11.1 Å². The summed E-state index contributed by atoms with van der Waals surface area (Å²) >= 11 is 16.7. The van der Waals surface area contributed by atoms with Crippen LogP contribution in [-0.2, 0) is 0 Å². The van der Waals surface area contributed by atoms with E-state index in [0.29, 0.717) is 0 Å². The minimum atomic E-state index is -6.43. The summed E-state index contributed by atoms with van der Waals surface area (Å²) in [6, 6.07) is 7.54. The zero-order chi connectivity index (χ0) is 20.8. The standard InChI is InChI=1S/C15H4Br2Cl2F7S/c16-7-4-8(17)12(6-1-2-9(18)10(19)3-6)11(5-7)27-15(25,26)13(20,21)14(22,23)24/h1-3,5H. The lowest BCUT2D eigenvalue weighted by molar-refractivity contribution is -0.330. The van der Waals surface area contributed by atoms with Crippen LogP contribution in [-0.4, -0.2) is 17.4 Å². The van der Waals surface area contributed by atoms with Gasteiger partial charge in [-0.3, -0.25) is 0 Å². The van der Waals surface area contributed by atoms with E-state index in [1.807, 2.05) is 0 Å². The highest BCUT2D eigenvalue weighted by atomic mass is 79.9. The molecule has 12 heteroatoms. The molecule has 0 fully saturated rings. The van der Waals surface area contributed by atoms with E-state index in [1.165, 1.54) is 18.2 Å². The van der Waals surface area contributed by atoms with Gasteiger partial charge in [-0.25, -0.2) is 0 Å². The molecule has 0 bridgehead atoms. The van der Waals surface area contributed by atoms with Crippen LogP contribution in [0.2, 0.25) is 10.0 Å². The Kier molecular flexibility index (Phi) is 6.79. The predicted octanol–water partition coefficient (Wildman–Crippen LogP) is 8.87. The van der Waals surface area contributed by atoms with Crippen molar-refractivity contribution in [1.82, 2.24) is 0 Å². The van der Waals surface area contributed by atoms with Crippen molar-refractivity contribution in [3.05, 3.63) is 49.3 Å². The van der Waals surface area contributed by atoms with Gasteiger partial charge in [-0.05, 0) is 51.5 Å². The van der Waals surface area contributed by atoms with Gasteiger partial charge >= 0.3 is 17.4 Å². The summed E-state index contributed by atoms with van der Waals surface area (Å²) in [6.45, 7) is 0. The number of hydrogen-bond acceptors (Lipinski definition) is 1. The fraction of sp³-hybridized carbons (Fsp3) is 0.200. The van der Waals surface area contributed by atoms with Crippen LogP contribution < -0.4 is 0 Å². The van der Waals surface area contributed by atoms with Gasteiger partial charge in [0.15, 0.2) is 0 Å². The molecule has 0 saturated carbocycles. The topological polar surface area (TPSA) is 0 Å². The maximum atomic E-state index is 13.9. The van der Waals surface area contributed by atoms with Crippen LogP contribution in [0.4, 0.5) is 30.7 Å². The summed E-state index contributed by atoms with van der Waals surface area (Å²) in [6.07, 6.45) is -6.43. The van der Waals surface area contributed by atoms with Crippen molar-refractivity contribution < 1.29 is 30.7 Å². The summed E-state index contributed by atoms with van der Waals surface area (Å²) < 4.78 is 91.7. The van der Waals surface area contributed by atoms with Gasteiger partial charge in [0.2, 0.25) is 0 Å². The molecular weight excluding hydrogens is 576 g/mol. The summed E-state index contributed by atoms with van der Waals surface area (Å²) in [7, 11) is 0. The summed E-state index contributed by atoms with van der Waals surface area (Å²) in [5.41, 5.74) is 0.0630. The van der Waals surface area contributed by atoms with Crippen molar-refractivity contribution in [2.75, 3.05) is 0 Å². The third-order valence-electron chi connectivity index (χ3n) is 3.12. The number of alkyl halides is 7. The predicted molar refractivity (Wildman–Crippen MR) is 97.9 cm³/mol.